The van der Waals surface area contributed by atoms with Crippen molar-refractivity contribution in [2.75, 3.05) is 5.32 Å². The third kappa shape index (κ3) is 4.09. The van der Waals surface area contributed by atoms with Crippen LogP contribution in [0.1, 0.15) is 75.2 Å². The summed E-state index contributed by atoms with van der Waals surface area (Å²) in [6.07, 6.45) is 10.6. The lowest BCUT2D eigenvalue weighted by Gasteiger charge is -2.45. The quantitative estimate of drug-likeness (QED) is 0.660. The molecule has 0 aromatic carbocycles. The largest absolute Gasteiger partial charge is 0.481 e. The summed E-state index contributed by atoms with van der Waals surface area (Å²) in [5, 5.41) is 20.1. The molecule has 30 heavy (non-hydrogen) atoms. The van der Waals surface area contributed by atoms with E-state index in [4.69, 9.17) is 0 Å². The SMILES string of the molecule is CCn1cc(NC(=O)[C@@H]2C3CCC(CC3)[C@H]2C(=O)O)c(C(=O)NC2CCCCC2)n1. The fourth-order valence-corrected chi connectivity index (χ4v) is 5.74. The number of rotatable bonds is 6. The van der Waals surface area contributed by atoms with E-state index in [2.05, 4.69) is 15.7 Å². The summed E-state index contributed by atoms with van der Waals surface area (Å²) in [7, 11) is 0. The first-order valence-electron chi connectivity index (χ1n) is 11.4. The average molecular weight is 417 g/mol. The van der Waals surface area contributed by atoms with Gasteiger partial charge in [-0.15, -0.1) is 0 Å². The molecule has 4 aliphatic carbocycles. The number of aryl methyl sites for hydroxylation is 1. The van der Waals surface area contributed by atoms with Crippen molar-refractivity contribution in [1.82, 2.24) is 15.1 Å². The van der Waals surface area contributed by atoms with Crippen LogP contribution in [0, 0.1) is 23.7 Å². The molecule has 4 aliphatic rings. The van der Waals surface area contributed by atoms with Crippen LogP contribution in [0.2, 0.25) is 0 Å². The van der Waals surface area contributed by atoms with Gasteiger partial charge in [-0.3, -0.25) is 19.1 Å². The number of aliphatic carboxylic acids is 1. The predicted octanol–water partition coefficient (Wildman–Crippen LogP) is 3.04. The highest BCUT2D eigenvalue weighted by Gasteiger charge is 2.50. The molecular formula is C22H32N4O4. The van der Waals surface area contributed by atoms with Crippen LogP contribution in [0.5, 0.6) is 0 Å². The van der Waals surface area contributed by atoms with Crippen LogP contribution in [0.3, 0.4) is 0 Å². The molecule has 8 heteroatoms. The van der Waals surface area contributed by atoms with Gasteiger partial charge in [0.15, 0.2) is 5.69 Å². The highest BCUT2D eigenvalue weighted by atomic mass is 16.4. The Hall–Kier alpha value is -2.38. The van der Waals surface area contributed by atoms with Crippen LogP contribution in [0.4, 0.5) is 5.69 Å². The summed E-state index contributed by atoms with van der Waals surface area (Å²) in [6, 6.07) is 0.145. The number of carbonyl (C=O) groups is 3. The summed E-state index contributed by atoms with van der Waals surface area (Å²) in [6.45, 7) is 2.49. The van der Waals surface area contributed by atoms with Gasteiger partial charge in [-0.25, -0.2) is 0 Å². The lowest BCUT2D eigenvalue weighted by molar-refractivity contribution is -0.156. The number of aromatic nitrogens is 2. The van der Waals surface area contributed by atoms with Crippen molar-refractivity contribution in [2.24, 2.45) is 23.7 Å². The van der Waals surface area contributed by atoms with Gasteiger partial charge in [-0.1, -0.05) is 19.3 Å². The number of carboxylic acid groups (broad SMARTS) is 1. The Kier molecular flexibility index (Phi) is 6.11. The molecule has 1 aromatic rings. The van der Waals surface area contributed by atoms with Crippen LogP contribution in [0.25, 0.3) is 0 Å². The Morgan fingerprint density at radius 3 is 2.27 bits per heavy atom. The molecule has 5 rings (SSSR count). The second kappa shape index (κ2) is 8.78. The number of nitrogens with one attached hydrogen (secondary N) is 2. The van der Waals surface area contributed by atoms with E-state index in [1.54, 1.807) is 10.9 Å². The molecule has 4 saturated carbocycles. The molecule has 0 radical (unpaired) electrons. The maximum Gasteiger partial charge on any atom is 0.307 e. The van der Waals surface area contributed by atoms with Crippen molar-refractivity contribution >= 4 is 23.5 Å². The molecule has 0 unspecified atom stereocenters. The van der Waals surface area contributed by atoms with Gasteiger partial charge in [0, 0.05) is 18.8 Å². The molecule has 164 valence electrons. The van der Waals surface area contributed by atoms with Gasteiger partial charge < -0.3 is 15.7 Å². The van der Waals surface area contributed by atoms with Crippen LogP contribution >= 0.6 is 0 Å². The number of nitrogens with zero attached hydrogens (tertiary/aromatic N) is 2. The zero-order valence-corrected chi connectivity index (χ0v) is 17.6. The Morgan fingerprint density at radius 1 is 1.03 bits per heavy atom. The van der Waals surface area contributed by atoms with Crippen LogP contribution in [0.15, 0.2) is 6.20 Å². The second-order valence-corrected chi connectivity index (χ2v) is 9.11. The van der Waals surface area contributed by atoms with Gasteiger partial charge in [0.2, 0.25) is 5.91 Å². The fraction of sp³-hybridized carbons (Fsp3) is 0.727. The number of carbonyl (C=O) groups excluding carboxylic acids is 2. The van der Waals surface area contributed by atoms with Crippen molar-refractivity contribution < 1.29 is 19.5 Å². The Labute approximate surface area is 176 Å². The summed E-state index contributed by atoms with van der Waals surface area (Å²) >= 11 is 0. The molecule has 0 aliphatic heterocycles. The molecule has 8 nitrogen and oxygen atoms in total. The Morgan fingerprint density at radius 2 is 1.67 bits per heavy atom. The van der Waals surface area contributed by atoms with Gasteiger partial charge in [0.05, 0.1) is 17.5 Å². The van der Waals surface area contributed by atoms with E-state index in [1.165, 1.54) is 6.42 Å². The van der Waals surface area contributed by atoms with Crippen molar-refractivity contribution in [1.29, 1.82) is 0 Å². The standard InChI is InChI=1S/C22H32N4O4/c1-2-26-12-16(19(25-26)21(28)23-15-6-4-3-5-7-15)24-20(27)17-13-8-10-14(11-9-13)18(17)22(29)30/h12-15,17-18H,2-11H2,1H3,(H,23,28)(H,24,27)(H,29,30)/t13?,14?,17-,18-/m1/s1. The molecule has 1 aromatic heterocycles. The molecule has 3 N–H and O–H groups in total. The first-order chi connectivity index (χ1) is 14.5. The lowest BCUT2D eigenvalue weighted by atomic mass is 9.58. The number of fused-ring (bicyclic) bond motifs is 3. The van der Waals surface area contributed by atoms with E-state index in [1.807, 2.05) is 6.92 Å². The zero-order valence-electron chi connectivity index (χ0n) is 17.6. The average Bonchev–Trinajstić information content (AvgIpc) is 3.17. The highest BCUT2D eigenvalue weighted by molar-refractivity contribution is 6.03. The van der Waals surface area contributed by atoms with E-state index in [9.17, 15) is 19.5 Å². The zero-order chi connectivity index (χ0) is 21.3. The number of hydrogen-bond acceptors (Lipinski definition) is 4. The van der Waals surface area contributed by atoms with E-state index < -0.39 is 17.8 Å². The smallest absolute Gasteiger partial charge is 0.307 e. The maximum absolute atomic E-state index is 13.2. The first kappa shape index (κ1) is 20.9. The van der Waals surface area contributed by atoms with Crippen molar-refractivity contribution in [3.63, 3.8) is 0 Å². The Bertz CT molecular complexity index is 806. The molecule has 4 fully saturated rings. The summed E-state index contributed by atoms with van der Waals surface area (Å²) in [5.41, 5.74) is 0.587. The summed E-state index contributed by atoms with van der Waals surface area (Å²) in [4.78, 5) is 38.0. The summed E-state index contributed by atoms with van der Waals surface area (Å²) in [5.74, 6) is -2.48. The predicted molar refractivity (Wildman–Crippen MR) is 111 cm³/mol. The minimum absolute atomic E-state index is 0.0654. The van der Waals surface area contributed by atoms with E-state index >= 15 is 0 Å². The molecule has 0 saturated heterocycles. The van der Waals surface area contributed by atoms with E-state index in [0.717, 1.165) is 51.4 Å². The third-order valence-electron chi connectivity index (χ3n) is 7.31. The molecular weight excluding hydrogens is 384 g/mol. The molecule has 2 atom stereocenters. The van der Waals surface area contributed by atoms with E-state index in [-0.39, 0.29) is 35.4 Å². The third-order valence-corrected chi connectivity index (χ3v) is 7.31. The molecule has 2 amide bonds. The van der Waals surface area contributed by atoms with Gasteiger partial charge in [-0.05, 0) is 57.3 Å². The molecule has 0 spiro atoms. The number of hydrogen-bond donors (Lipinski definition) is 3. The molecule has 1 heterocycles. The van der Waals surface area contributed by atoms with Gasteiger partial charge >= 0.3 is 5.97 Å². The second-order valence-electron chi connectivity index (χ2n) is 9.11. The number of amides is 2. The lowest BCUT2D eigenvalue weighted by Crippen LogP contribution is -2.49. The van der Waals surface area contributed by atoms with Gasteiger partial charge in [-0.2, -0.15) is 5.10 Å². The maximum atomic E-state index is 13.2. The molecule has 2 bridgehead atoms. The Balaban J connectivity index is 1.52. The van der Waals surface area contributed by atoms with Gasteiger partial charge in [0.1, 0.15) is 0 Å². The normalized spacial score (nSPS) is 28.8. The first-order valence-corrected chi connectivity index (χ1v) is 11.4. The topological polar surface area (TPSA) is 113 Å². The van der Waals surface area contributed by atoms with Crippen LogP contribution in [-0.2, 0) is 16.1 Å². The van der Waals surface area contributed by atoms with Crippen molar-refractivity contribution in [3.8, 4) is 0 Å². The van der Waals surface area contributed by atoms with E-state index in [0.29, 0.717) is 12.2 Å². The van der Waals surface area contributed by atoms with Crippen LogP contribution in [-0.4, -0.2) is 38.7 Å². The number of carboxylic acids is 1. The minimum atomic E-state index is -0.885. The monoisotopic (exact) mass is 416 g/mol. The van der Waals surface area contributed by atoms with Crippen molar-refractivity contribution in [2.45, 2.75) is 77.3 Å². The van der Waals surface area contributed by atoms with Gasteiger partial charge in [0.25, 0.3) is 5.91 Å². The number of anilines is 1. The summed E-state index contributed by atoms with van der Waals surface area (Å²) < 4.78 is 1.63. The fourth-order valence-electron chi connectivity index (χ4n) is 5.74. The highest BCUT2D eigenvalue weighted by Crippen LogP contribution is 2.49. The van der Waals surface area contributed by atoms with Crippen LogP contribution < -0.4 is 10.6 Å². The van der Waals surface area contributed by atoms with Crippen molar-refractivity contribution in [3.05, 3.63) is 11.9 Å². The minimum Gasteiger partial charge on any atom is -0.481 e.